The molecule has 4 rings (SSSR count). The first kappa shape index (κ1) is 24.0. The molecule has 0 spiro atoms. The maximum Gasteiger partial charge on any atom is 0.282 e. The van der Waals surface area contributed by atoms with Gasteiger partial charge in [0.15, 0.2) is 11.5 Å². The quantitative estimate of drug-likeness (QED) is 0.248. The number of halogens is 2. The van der Waals surface area contributed by atoms with Crippen molar-refractivity contribution in [2.45, 2.75) is 26.4 Å². The van der Waals surface area contributed by atoms with Gasteiger partial charge in [0, 0.05) is 27.0 Å². The number of benzene rings is 3. The number of nitrogens with zero attached hydrogens (tertiary/aromatic N) is 3. The number of fused-ring (bicyclic) bond motifs is 1. The fourth-order valence-corrected chi connectivity index (χ4v) is 4.09. The summed E-state index contributed by atoms with van der Waals surface area (Å²) in [6.07, 6.45) is 3.04. The molecule has 8 heteroatoms. The van der Waals surface area contributed by atoms with E-state index < -0.39 is 0 Å². The van der Waals surface area contributed by atoms with Crippen LogP contribution >= 0.6 is 27.5 Å². The zero-order valence-corrected chi connectivity index (χ0v) is 21.1. The van der Waals surface area contributed by atoms with E-state index in [0.29, 0.717) is 45.2 Å². The summed E-state index contributed by atoms with van der Waals surface area (Å²) in [7, 11) is 1.58. The van der Waals surface area contributed by atoms with Crippen LogP contribution in [-0.2, 0) is 13.0 Å². The molecule has 0 bridgehead atoms. The Hall–Kier alpha value is -3.16. The molecular formula is C26H23BrClN3O3. The molecule has 0 saturated heterocycles. The average molecular weight is 541 g/mol. The Labute approximate surface area is 210 Å². The molecule has 0 fully saturated rings. The van der Waals surface area contributed by atoms with Crippen molar-refractivity contribution in [1.82, 2.24) is 9.66 Å². The highest BCUT2D eigenvalue weighted by Gasteiger charge is 2.13. The number of aryl methyl sites for hydroxylation is 1. The lowest BCUT2D eigenvalue weighted by molar-refractivity contribution is 0.284. The zero-order chi connectivity index (χ0) is 24.1. The van der Waals surface area contributed by atoms with Crippen molar-refractivity contribution in [3.63, 3.8) is 0 Å². The van der Waals surface area contributed by atoms with Gasteiger partial charge in [0.25, 0.3) is 5.56 Å². The number of methoxy groups -OCH3 is 1. The van der Waals surface area contributed by atoms with Gasteiger partial charge in [0.05, 0.1) is 24.2 Å². The Morgan fingerprint density at radius 2 is 1.97 bits per heavy atom. The summed E-state index contributed by atoms with van der Waals surface area (Å²) in [6, 6.07) is 18.5. The smallest absolute Gasteiger partial charge is 0.282 e. The van der Waals surface area contributed by atoms with Crippen molar-refractivity contribution < 1.29 is 9.47 Å². The Balaban J connectivity index is 1.75. The molecule has 6 nitrogen and oxygen atoms in total. The molecule has 34 heavy (non-hydrogen) atoms. The van der Waals surface area contributed by atoms with Crippen LogP contribution < -0.4 is 15.0 Å². The van der Waals surface area contributed by atoms with Crippen molar-refractivity contribution >= 4 is 44.6 Å². The molecule has 0 atom stereocenters. The van der Waals surface area contributed by atoms with Crippen LogP contribution in [-0.4, -0.2) is 23.0 Å². The number of aromatic nitrogens is 2. The lowest BCUT2D eigenvalue weighted by Gasteiger charge is -2.14. The summed E-state index contributed by atoms with van der Waals surface area (Å²) < 4.78 is 13.8. The van der Waals surface area contributed by atoms with Crippen LogP contribution in [0.4, 0.5) is 0 Å². The molecule has 0 unspecified atom stereocenters. The van der Waals surface area contributed by atoms with Crippen molar-refractivity contribution in [2.24, 2.45) is 5.10 Å². The first-order valence-corrected chi connectivity index (χ1v) is 12.0. The van der Waals surface area contributed by atoms with Gasteiger partial charge in [-0.3, -0.25) is 4.79 Å². The molecule has 0 aliphatic carbocycles. The van der Waals surface area contributed by atoms with Gasteiger partial charge >= 0.3 is 0 Å². The third-order valence-corrected chi connectivity index (χ3v) is 6.08. The number of hydrogen-bond acceptors (Lipinski definition) is 5. The fourth-order valence-electron chi connectivity index (χ4n) is 3.53. The van der Waals surface area contributed by atoms with Crippen molar-refractivity contribution in [3.05, 3.63) is 97.5 Å². The predicted molar refractivity (Wildman–Crippen MR) is 139 cm³/mol. The first-order chi connectivity index (χ1) is 16.5. The highest BCUT2D eigenvalue weighted by atomic mass is 79.9. The minimum Gasteiger partial charge on any atom is -0.493 e. The minimum absolute atomic E-state index is 0.229. The summed E-state index contributed by atoms with van der Waals surface area (Å²) in [6.45, 7) is 2.29. The van der Waals surface area contributed by atoms with E-state index in [1.807, 2.05) is 61.5 Å². The van der Waals surface area contributed by atoms with E-state index in [9.17, 15) is 4.79 Å². The van der Waals surface area contributed by atoms with E-state index in [1.165, 1.54) is 4.68 Å². The second-order valence-electron chi connectivity index (χ2n) is 7.56. The van der Waals surface area contributed by atoms with Gasteiger partial charge < -0.3 is 9.47 Å². The highest BCUT2D eigenvalue weighted by molar-refractivity contribution is 9.10. The molecule has 0 aliphatic heterocycles. The molecule has 0 aliphatic rings. The van der Waals surface area contributed by atoms with Gasteiger partial charge in [-0.05, 0) is 42.8 Å². The Morgan fingerprint density at radius 1 is 1.15 bits per heavy atom. The monoisotopic (exact) mass is 539 g/mol. The van der Waals surface area contributed by atoms with Crippen molar-refractivity contribution in [2.75, 3.05) is 7.11 Å². The maximum absolute atomic E-state index is 13.3. The van der Waals surface area contributed by atoms with Crippen LogP contribution in [0.5, 0.6) is 11.5 Å². The second-order valence-corrected chi connectivity index (χ2v) is 8.88. The largest absolute Gasteiger partial charge is 0.493 e. The van der Waals surface area contributed by atoms with Gasteiger partial charge in [-0.25, -0.2) is 4.98 Å². The number of ether oxygens (including phenoxy) is 2. The third-order valence-electron chi connectivity index (χ3n) is 5.22. The number of hydrogen-bond donors (Lipinski definition) is 0. The van der Waals surface area contributed by atoms with Crippen LogP contribution in [0.25, 0.3) is 10.9 Å². The van der Waals surface area contributed by atoms with E-state index in [4.69, 9.17) is 21.1 Å². The molecule has 1 aromatic heterocycles. The van der Waals surface area contributed by atoms with Crippen LogP contribution in [0.1, 0.15) is 30.3 Å². The van der Waals surface area contributed by atoms with Gasteiger partial charge in [0.2, 0.25) is 0 Å². The highest BCUT2D eigenvalue weighted by Crippen LogP contribution is 2.31. The standard InChI is InChI=1S/C26H23BrClN3O3/c1-3-7-24-30-22-13-12-19(27)14-20(22)26(32)31(24)29-15-17-9-6-11-23(33-2)25(17)34-16-18-8-4-5-10-21(18)28/h4-6,8-15H,3,7,16H2,1-2H3. The summed E-state index contributed by atoms with van der Waals surface area (Å²) in [5.74, 6) is 1.66. The van der Waals surface area contributed by atoms with Gasteiger partial charge in [-0.1, -0.05) is 58.7 Å². The molecular weight excluding hydrogens is 518 g/mol. The van der Waals surface area contributed by atoms with Crippen molar-refractivity contribution in [1.29, 1.82) is 0 Å². The molecule has 3 aromatic carbocycles. The van der Waals surface area contributed by atoms with E-state index in [1.54, 1.807) is 19.4 Å². The molecule has 1 heterocycles. The molecule has 0 N–H and O–H groups in total. The Bertz CT molecular complexity index is 1420. The number of para-hydroxylation sites is 1. The minimum atomic E-state index is -0.229. The summed E-state index contributed by atoms with van der Waals surface area (Å²) in [5.41, 5.74) is 1.93. The fraction of sp³-hybridized carbons (Fsp3) is 0.192. The second kappa shape index (κ2) is 10.8. The SMILES string of the molecule is CCCc1nc2ccc(Br)cc2c(=O)n1N=Cc1cccc(OC)c1OCc1ccccc1Cl. The average Bonchev–Trinajstić information content (AvgIpc) is 2.84. The van der Waals surface area contributed by atoms with Crippen LogP contribution in [0, 0.1) is 0 Å². The lowest BCUT2D eigenvalue weighted by Crippen LogP contribution is -2.22. The summed E-state index contributed by atoms with van der Waals surface area (Å²) in [4.78, 5) is 18.0. The molecule has 174 valence electrons. The molecule has 0 saturated carbocycles. The van der Waals surface area contributed by atoms with E-state index in [2.05, 4.69) is 26.0 Å². The van der Waals surface area contributed by atoms with Crippen LogP contribution in [0.2, 0.25) is 5.02 Å². The summed E-state index contributed by atoms with van der Waals surface area (Å²) >= 11 is 9.71. The lowest BCUT2D eigenvalue weighted by atomic mass is 10.2. The van der Waals surface area contributed by atoms with Gasteiger partial charge in [0.1, 0.15) is 12.4 Å². The zero-order valence-electron chi connectivity index (χ0n) is 18.8. The summed E-state index contributed by atoms with van der Waals surface area (Å²) in [5, 5.41) is 5.64. The van der Waals surface area contributed by atoms with E-state index in [0.717, 1.165) is 16.5 Å². The maximum atomic E-state index is 13.3. The van der Waals surface area contributed by atoms with Gasteiger partial charge in [-0.2, -0.15) is 9.78 Å². The third kappa shape index (κ3) is 5.16. The Morgan fingerprint density at radius 3 is 2.74 bits per heavy atom. The molecule has 4 aromatic rings. The Kier molecular flexibility index (Phi) is 7.65. The predicted octanol–water partition coefficient (Wildman–Crippen LogP) is 6.23. The van der Waals surface area contributed by atoms with Crippen molar-refractivity contribution in [3.8, 4) is 11.5 Å². The van der Waals surface area contributed by atoms with E-state index >= 15 is 0 Å². The van der Waals surface area contributed by atoms with Crippen LogP contribution in [0.3, 0.4) is 0 Å². The normalized spacial score (nSPS) is 11.3. The van der Waals surface area contributed by atoms with Crippen LogP contribution in [0.15, 0.2) is 75.0 Å². The van der Waals surface area contributed by atoms with Gasteiger partial charge in [-0.15, -0.1) is 0 Å². The topological polar surface area (TPSA) is 65.7 Å². The van der Waals surface area contributed by atoms with E-state index in [-0.39, 0.29) is 12.2 Å². The molecule has 0 radical (unpaired) electrons. The number of rotatable bonds is 8. The first-order valence-electron chi connectivity index (χ1n) is 10.8. The molecule has 0 amide bonds.